The minimum Gasteiger partial charge on any atom is -0.308 e. The number of rotatable bonds is 5. The standard InChI is InChI=1S/C52H36N4/c1-52(2)44-28-12-11-23-39(44)40-25-14-24-38(47(40)52)36-30-31-46-43(32-36)41-26-15-27-42(48(41)56(46)45-29-13-21-33-16-9-10-22-37(33)45)51-54-49(34-17-5-3-6-18-34)53-50(55-51)35-19-7-4-8-20-35/h3-32H,1-2H3. The molecule has 2 heterocycles. The molecule has 0 radical (unpaired) electrons. The SMILES string of the molecule is CC1(C)c2ccccc2-c2cccc(-c3ccc4c(c3)c3cccc(-c5nc(-c6ccccc6)nc(-c6ccccc6)n5)c3n4-c3cccc4ccccc34)c21. The molecule has 10 aromatic rings. The van der Waals surface area contributed by atoms with E-state index in [1.165, 1.54) is 49.5 Å². The third-order valence-electron chi connectivity index (χ3n) is 11.6. The Morgan fingerprint density at radius 2 is 0.982 bits per heavy atom. The molecule has 1 aliphatic rings. The van der Waals surface area contributed by atoms with Crippen molar-refractivity contribution in [3.63, 3.8) is 0 Å². The van der Waals surface area contributed by atoms with Crippen LogP contribution in [0.2, 0.25) is 0 Å². The summed E-state index contributed by atoms with van der Waals surface area (Å²) in [7, 11) is 0. The monoisotopic (exact) mass is 716 g/mol. The van der Waals surface area contributed by atoms with Gasteiger partial charge >= 0.3 is 0 Å². The normalized spacial score (nSPS) is 13.0. The van der Waals surface area contributed by atoms with Gasteiger partial charge in [0, 0.05) is 38.3 Å². The summed E-state index contributed by atoms with van der Waals surface area (Å²) >= 11 is 0. The molecule has 4 nitrogen and oxygen atoms in total. The van der Waals surface area contributed by atoms with Gasteiger partial charge in [0.25, 0.3) is 0 Å². The second kappa shape index (κ2) is 12.4. The molecule has 1 aliphatic carbocycles. The lowest BCUT2D eigenvalue weighted by Crippen LogP contribution is -2.16. The molecule has 0 saturated carbocycles. The van der Waals surface area contributed by atoms with Crippen LogP contribution in [-0.4, -0.2) is 19.5 Å². The molecule has 11 rings (SSSR count). The van der Waals surface area contributed by atoms with E-state index in [4.69, 9.17) is 15.0 Å². The van der Waals surface area contributed by atoms with E-state index in [1.807, 2.05) is 36.4 Å². The summed E-state index contributed by atoms with van der Waals surface area (Å²) in [5, 5.41) is 4.69. The molecular weight excluding hydrogens is 681 g/mol. The Morgan fingerprint density at radius 3 is 1.77 bits per heavy atom. The van der Waals surface area contributed by atoms with Gasteiger partial charge in [-0.3, -0.25) is 0 Å². The quantitative estimate of drug-likeness (QED) is 0.178. The van der Waals surface area contributed by atoms with Gasteiger partial charge in [0.15, 0.2) is 17.5 Å². The van der Waals surface area contributed by atoms with Crippen LogP contribution in [-0.2, 0) is 5.41 Å². The largest absolute Gasteiger partial charge is 0.308 e. The molecule has 0 saturated heterocycles. The van der Waals surface area contributed by atoms with Crippen LogP contribution in [0.15, 0.2) is 182 Å². The zero-order valence-electron chi connectivity index (χ0n) is 31.1. The van der Waals surface area contributed by atoms with Crippen molar-refractivity contribution in [1.29, 1.82) is 0 Å². The predicted molar refractivity (Wildman–Crippen MR) is 231 cm³/mol. The first-order valence-electron chi connectivity index (χ1n) is 19.2. The van der Waals surface area contributed by atoms with Gasteiger partial charge in [0.2, 0.25) is 0 Å². The van der Waals surface area contributed by atoms with E-state index in [0.717, 1.165) is 38.8 Å². The summed E-state index contributed by atoms with van der Waals surface area (Å²) in [5.41, 5.74) is 13.9. The van der Waals surface area contributed by atoms with Crippen molar-refractivity contribution in [2.24, 2.45) is 0 Å². The van der Waals surface area contributed by atoms with Crippen molar-refractivity contribution in [2.75, 3.05) is 0 Å². The third kappa shape index (κ3) is 4.89. The first-order valence-corrected chi connectivity index (χ1v) is 19.2. The smallest absolute Gasteiger partial charge is 0.166 e. The summed E-state index contributed by atoms with van der Waals surface area (Å²) in [6, 6.07) is 64.8. The van der Waals surface area contributed by atoms with Gasteiger partial charge in [-0.2, -0.15) is 0 Å². The van der Waals surface area contributed by atoms with Gasteiger partial charge in [-0.1, -0.05) is 172 Å². The second-order valence-electron chi connectivity index (χ2n) is 15.2. The minimum atomic E-state index is -0.132. The molecule has 0 spiro atoms. The lowest BCUT2D eigenvalue weighted by Gasteiger charge is -2.24. The van der Waals surface area contributed by atoms with E-state index in [0.29, 0.717) is 17.5 Å². The molecule has 4 heteroatoms. The summed E-state index contributed by atoms with van der Waals surface area (Å²) in [5.74, 6) is 1.92. The fourth-order valence-electron chi connectivity index (χ4n) is 9.09. The van der Waals surface area contributed by atoms with Crippen molar-refractivity contribution >= 4 is 32.6 Å². The Hall–Kier alpha value is -7.17. The Kier molecular flexibility index (Phi) is 7.17. The van der Waals surface area contributed by atoms with Crippen molar-refractivity contribution in [2.45, 2.75) is 19.3 Å². The van der Waals surface area contributed by atoms with Crippen LogP contribution < -0.4 is 0 Å². The number of fused-ring (bicyclic) bond motifs is 7. The maximum atomic E-state index is 5.22. The highest BCUT2D eigenvalue weighted by molar-refractivity contribution is 6.15. The zero-order valence-corrected chi connectivity index (χ0v) is 31.1. The molecule has 2 aromatic heterocycles. The van der Waals surface area contributed by atoms with Gasteiger partial charge < -0.3 is 4.57 Å². The van der Waals surface area contributed by atoms with Crippen molar-refractivity contribution in [3.8, 4) is 62.1 Å². The molecule has 0 bridgehead atoms. The Balaban J connectivity index is 1.21. The lowest BCUT2D eigenvalue weighted by molar-refractivity contribution is 0.662. The van der Waals surface area contributed by atoms with Crippen LogP contribution in [0.3, 0.4) is 0 Å². The van der Waals surface area contributed by atoms with Crippen molar-refractivity contribution in [3.05, 3.63) is 193 Å². The number of hydrogen-bond donors (Lipinski definition) is 0. The second-order valence-corrected chi connectivity index (χ2v) is 15.2. The predicted octanol–water partition coefficient (Wildman–Crippen LogP) is 13.1. The van der Waals surface area contributed by atoms with Gasteiger partial charge in [-0.05, 0) is 63.0 Å². The van der Waals surface area contributed by atoms with E-state index in [-0.39, 0.29) is 5.41 Å². The van der Waals surface area contributed by atoms with Gasteiger partial charge in [0.05, 0.1) is 16.7 Å². The number of para-hydroxylation sites is 1. The number of nitrogens with zero attached hydrogens (tertiary/aromatic N) is 4. The third-order valence-corrected chi connectivity index (χ3v) is 11.6. The van der Waals surface area contributed by atoms with E-state index in [2.05, 4.69) is 164 Å². The Bertz CT molecular complexity index is 3100. The van der Waals surface area contributed by atoms with Crippen LogP contribution >= 0.6 is 0 Å². The molecule has 0 amide bonds. The molecule has 8 aromatic carbocycles. The van der Waals surface area contributed by atoms with Crippen molar-refractivity contribution < 1.29 is 0 Å². The van der Waals surface area contributed by atoms with Crippen molar-refractivity contribution in [1.82, 2.24) is 19.5 Å². The van der Waals surface area contributed by atoms with E-state index >= 15 is 0 Å². The first-order chi connectivity index (χ1) is 27.5. The molecule has 0 aliphatic heterocycles. The average Bonchev–Trinajstić information content (AvgIpc) is 3.72. The van der Waals surface area contributed by atoms with Crippen LogP contribution in [0.4, 0.5) is 0 Å². The van der Waals surface area contributed by atoms with Gasteiger partial charge in [-0.25, -0.2) is 15.0 Å². The maximum absolute atomic E-state index is 5.22. The molecule has 0 atom stereocenters. The van der Waals surface area contributed by atoms with Crippen LogP contribution in [0.25, 0.3) is 94.7 Å². The molecule has 0 N–H and O–H groups in total. The molecular formula is C52H36N4. The Labute approximate surface area is 325 Å². The summed E-state index contributed by atoms with van der Waals surface area (Å²) < 4.78 is 2.43. The number of hydrogen-bond acceptors (Lipinski definition) is 3. The lowest BCUT2D eigenvalue weighted by atomic mass is 9.79. The number of benzene rings is 8. The molecule has 0 fully saturated rings. The maximum Gasteiger partial charge on any atom is 0.166 e. The Morgan fingerprint density at radius 1 is 0.411 bits per heavy atom. The van der Waals surface area contributed by atoms with Gasteiger partial charge in [-0.15, -0.1) is 0 Å². The highest BCUT2D eigenvalue weighted by atomic mass is 15.0. The minimum absolute atomic E-state index is 0.132. The first kappa shape index (κ1) is 32.3. The van der Waals surface area contributed by atoms with Crippen LogP contribution in [0, 0.1) is 0 Å². The topological polar surface area (TPSA) is 43.6 Å². The number of aromatic nitrogens is 4. The highest BCUT2D eigenvalue weighted by Gasteiger charge is 2.37. The zero-order chi connectivity index (χ0) is 37.4. The molecule has 264 valence electrons. The summed E-state index contributed by atoms with van der Waals surface area (Å²) in [6.45, 7) is 4.72. The molecule has 56 heavy (non-hydrogen) atoms. The average molecular weight is 717 g/mol. The van der Waals surface area contributed by atoms with E-state index < -0.39 is 0 Å². The fraction of sp³-hybridized carbons (Fsp3) is 0.0577. The van der Waals surface area contributed by atoms with Crippen LogP contribution in [0.5, 0.6) is 0 Å². The highest BCUT2D eigenvalue weighted by Crippen LogP contribution is 2.52. The van der Waals surface area contributed by atoms with Gasteiger partial charge in [0.1, 0.15) is 0 Å². The fourth-order valence-corrected chi connectivity index (χ4v) is 9.09. The summed E-state index contributed by atoms with van der Waals surface area (Å²) in [6.07, 6.45) is 0. The van der Waals surface area contributed by atoms with Crippen LogP contribution in [0.1, 0.15) is 25.0 Å². The molecule has 0 unspecified atom stereocenters. The summed E-state index contributed by atoms with van der Waals surface area (Å²) in [4.78, 5) is 15.5. The van der Waals surface area contributed by atoms with E-state index in [1.54, 1.807) is 0 Å². The van der Waals surface area contributed by atoms with E-state index in [9.17, 15) is 0 Å².